The number of hydrogen-bond acceptors (Lipinski definition) is 3. The number of aromatic nitrogens is 2. The first-order valence-electron chi connectivity index (χ1n) is 10.8. The maximum absolute atomic E-state index is 13.0. The Morgan fingerprint density at radius 3 is 2.77 bits per heavy atom. The number of nitrogens with zero attached hydrogens (tertiary/aromatic N) is 3. The number of benzene rings is 1. The summed E-state index contributed by atoms with van der Waals surface area (Å²) in [6.45, 7) is 1.60. The number of halogens is 1. The number of amides is 2. The topological polar surface area (TPSA) is 69.3 Å². The predicted octanol–water partition coefficient (Wildman–Crippen LogP) is 3.79. The van der Waals surface area contributed by atoms with E-state index in [0.717, 1.165) is 61.9 Å². The molecule has 2 aromatic rings. The van der Waals surface area contributed by atoms with Gasteiger partial charge >= 0.3 is 0 Å². The summed E-state index contributed by atoms with van der Waals surface area (Å²) < 4.78 is 13.0. The third kappa shape index (κ3) is 6.40. The van der Waals surface area contributed by atoms with Crippen LogP contribution in [0.1, 0.15) is 50.6 Å². The minimum atomic E-state index is -0.254. The molecule has 1 aliphatic heterocycles. The molecule has 162 valence electrons. The molecule has 1 saturated heterocycles. The second kappa shape index (κ2) is 10.9. The van der Waals surface area contributed by atoms with Crippen LogP contribution in [-0.2, 0) is 16.0 Å². The van der Waals surface area contributed by atoms with Crippen LogP contribution < -0.4 is 0 Å². The average Bonchev–Trinajstić information content (AvgIpc) is 3.12. The van der Waals surface area contributed by atoms with Crippen molar-refractivity contribution in [3.63, 3.8) is 0 Å². The first-order valence-corrected chi connectivity index (χ1v) is 10.8. The fourth-order valence-electron chi connectivity index (χ4n) is 3.71. The van der Waals surface area contributed by atoms with E-state index in [1.54, 1.807) is 21.9 Å². The number of rotatable bonds is 9. The standard InChI is InChI=1S/C23H31FN4O2/c1-27(23(30)17-28-15-7-3-5-9-22(28)29)14-6-2-4-8-20-16-21(26-25-20)18-10-12-19(24)13-11-18/h10-13,16H,2-9,14-15,17H2,1H3,(H,25,26). The zero-order valence-corrected chi connectivity index (χ0v) is 17.7. The highest BCUT2D eigenvalue weighted by Gasteiger charge is 2.20. The molecule has 0 bridgehead atoms. The molecular weight excluding hydrogens is 383 g/mol. The van der Waals surface area contributed by atoms with Crippen molar-refractivity contribution in [2.75, 3.05) is 26.7 Å². The maximum atomic E-state index is 13.0. The van der Waals surface area contributed by atoms with Crippen LogP contribution in [0.5, 0.6) is 0 Å². The molecular formula is C23H31FN4O2. The summed E-state index contributed by atoms with van der Waals surface area (Å²) in [5.41, 5.74) is 2.76. The SMILES string of the molecule is CN(CCCCCc1cc(-c2ccc(F)cc2)n[nH]1)C(=O)CN1CCCCCC1=O. The normalized spacial score (nSPS) is 14.6. The fraction of sp³-hybridized carbons (Fsp3) is 0.522. The molecule has 1 aliphatic rings. The van der Waals surface area contributed by atoms with Crippen molar-refractivity contribution in [3.05, 3.63) is 41.8 Å². The van der Waals surface area contributed by atoms with E-state index < -0.39 is 0 Å². The van der Waals surface area contributed by atoms with Gasteiger partial charge in [-0.15, -0.1) is 0 Å². The van der Waals surface area contributed by atoms with E-state index in [2.05, 4.69) is 10.2 Å². The quantitative estimate of drug-likeness (QED) is 0.635. The molecule has 0 radical (unpaired) electrons. The van der Waals surface area contributed by atoms with E-state index in [9.17, 15) is 14.0 Å². The van der Waals surface area contributed by atoms with Gasteiger partial charge < -0.3 is 9.80 Å². The monoisotopic (exact) mass is 414 g/mol. The Balaban J connectivity index is 1.34. The van der Waals surface area contributed by atoms with Crippen LogP contribution in [0.3, 0.4) is 0 Å². The number of carbonyl (C=O) groups is 2. The number of likely N-dealkylation sites (N-methyl/N-ethyl adjacent to an activating group) is 1. The van der Waals surface area contributed by atoms with Gasteiger partial charge in [-0.3, -0.25) is 14.7 Å². The summed E-state index contributed by atoms with van der Waals surface area (Å²) in [5, 5.41) is 7.35. The summed E-state index contributed by atoms with van der Waals surface area (Å²) in [6, 6.07) is 8.32. The minimum absolute atomic E-state index is 0.0164. The molecule has 2 amide bonds. The van der Waals surface area contributed by atoms with Crippen LogP contribution in [0.2, 0.25) is 0 Å². The first-order chi connectivity index (χ1) is 14.5. The molecule has 1 aromatic heterocycles. The van der Waals surface area contributed by atoms with Crippen LogP contribution in [0.15, 0.2) is 30.3 Å². The molecule has 6 nitrogen and oxygen atoms in total. The largest absolute Gasteiger partial charge is 0.344 e. The molecule has 0 aliphatic carbocycles. The van der Waals surface area contributed by atoms with Crippen LogP contribution in [-0.4, -0.2) is 58.5 Å². The number of unbranched alkanes of at least 4 members (excludes halogenated alkanes) is 2. The van der Waals surface area contributed by atoms with Gasteiger partial charge in [-0.2, -0.15) is 5.10 Å². The van der Waals surface area contributed by atoms with E-state index in [4.69, 9.17) is 0 Å². The molecule has 1 aromatic carbocycles. The lowest BCUT2D eigenvalue weighted by molar-refractivity contribution is -0.139. The lowest BCUT2D eigenvalue weighted by atomic mass is 10.1. The van der Waals surface area contributed by atoms with Crippen molar-refractivity contribution in [1.82, 2.24) is 20.0 Å². The van der Waals surface area contributed by atoms with E-state index in [0.29, 0.717) is 19.5 Å². The van der Waals surface area contributed by atoms with Crippen LogP contribution >= 0.6 is 0 Å². The summed E-state index contributed by atoms with van der Waals surface area (Å²) in [4.78, 5) is 27.9. The summed E-state index contributed by atoms with van der Waals surface area (Å²) in [7, 11) is 1.81. The second-order valence-electron chi connectivity index (χ2n) is 8.04. The van der Waals surface area contributed by atoms with E-state index in [1.165, 1.54) is 12.1 Å². The Bertz CT molecular complexity index is 834. The molecule has 1 N–H and O–H groups in total. The average molecular weight is 415 g/mol. The Hall–Kier alpha value is -2.70. The molecule has 7 heteroatoms. The first kappa shape index (κ1) is 22.0. The fourth-order valence-corrected chi connectivity index (χ4v) is 3.71. The summed E-state index contributed by atoms with van der Waals surface area (Å²) >= 11 is 0. The summed E-state index contributed by atoms with van der Waals surface area (Å²) in [5.74, 6) is -0.132. The molecule has 0 saturated carbocycles. The van der Waals surface area contributed by atoms with Gasteiger partial charge in [-0.25, -0.2) is 4.39 Å². The van der Waals surface area contributed by atoms with E-state index >= 15 is 0 Å². The van der Waals surface area contributed by atoms with E-state index in [1.807, 2.05) is 13.1 Å². The Morgan fingerprint density at radius 1 is 1.17 bits per heavy atom. The lowest BCUT2D eigenvalue weighted by Gasteiger charge is -2.24. The minimum Gasteiger partial charge on any atom is -0.344 e. The maximum Gasteiger partial charge on any atom is 0.241 e. The third-order valence-corrected chi connectivity index (χ3v) is 5.63. The van der Waals surface area contributed by atoms with Gasteiger partial charge in [0.15, 0.2) is 0 Å². The Kier molecular flexibility index (Phi) is 7.99. The Morgan fingerprint density at radius 2 is 1.97 bits per heavy atom. The number of H-pyrrole nitrogens is 1. The van der Waals surface area contributed by atoms with Gasteiger partial charge in [-0.1, -0.05) is 12.8 Å². The molecule has 0 unspecified atom stereocenters. The molecule has 30 heavy (non-hydrogen) atoms. The van der Waals surface area contributed by atoms with Crippen molar-refractivity contribution in [2.24, 2.45) is 0 Å². The van der Waals surface area contributed by atoms with Gasteiger partial charge in [0.1, 0.15) is 5.82 Å². The van der Waals surface area contributed by atoms with Gasteiger partial charge in [0.25, 0.3) is 0 Å². The van der Waals surface area contributed by atoms with Crippen LogP contribution in [0.4, 0.5) is 4.39 Å². The molecule has 2 heterocycles. The third-order valence-electron chi connectivity index (χ3n) is 5.63. The van der Waals surface area contributed by atoms with Crippen LogP contribution in [0, 0.1) is 5.82 Å². The van der Waals surface area contributed by atoms with Crippen LogP contribution in [0.25, 0.3) is 11.3 Å². The van der Waals surface area contributed by atoms with Crippen molar-refractivity contribution in [1.29, 1.82) is 0 Å². The highest BCUT2D eigenvalue weighted by Crippen LogP contribution is 2.19. The smallest absolute Gasteiger partial charge is 0.241 e. The van der Waals surface area contributed by atoms with Gasteiger partial charge in [0.2, 0.25) is 11.8 Å². The number of hydrogen-bond donors (Lipinski definition) is 1. The van der Waals surface area contributed by atoms with Crippen molar-refractivity contribution >= 4 is 11.8 Å². The Labute approximate surface area is 177 Å². The highest BCUT2D eigenvalue weighted by atomic mass is 19.1. The van der Waals surface area contributed by atoms with Crippen molar-refractivity contribution < 1.29 is 14.0 Å². The molecule has 0 atom stereocenters. The lowest BCUT2D eigenvalue weighted by Crippen LogP contribution is -2.41. The molecule has 3 rings (SSSR count). The zero-order chi connectivity index (χ0) is 21.3. The second-order valence-corrected chi connectivity index (χ2v) is 8.04. The predicted molar refractivity (Wildman–Crippen MR) is 114 cm³/mol. The van der Waals surface area contributed by atoms with Gasteiger partial charge in [0.05, 0.1) is 12.2 Å². The van der Waals surface area contributed by atoms with E-state index in [-0.39, 0.29) is 24.2 Å². The van der Waals surface area contributed by atoms with Gasteiger partial charge in [0, 0.05) is 37.8 Å². The van der Waals surface area contributed by atoms with Gasteiger partial charge in [-0.05, 0) is 62.4 Å². The number of aryl methyl sites for hydroxylation is 1. The molecule has 0 spiro atoms. The van der Waals surface area contributed by atoms with Crippen molar-refractivity contribution in [2.45, 2.75) is 51.4 Å². The number of aromatic amines is 1. The number of likely N-dealkylation sites (tertiary alicyclic amines) is 1. The number of carbonyl (C=O) groups excluding carboxylic acids is 2. The zero-order valence-electron chi connectivity index (χ0n) is 17.7. The highest BCUT2D eigenvalue weighted by molar-refractivity contribution is 5.84. The van der Waals surface area contributed by atoms with Crippen molar-refractivity contribution in [3.8, 4) is 11.3 Å². The molecule has 1 fully saturated rings. The summed E-state index contributed by atoms with van der Waals surface area (Å²) in [6.07, 6.45) is 7.36. The number of nitrogens with one attached hydrogen (secondary N) is 1.